The highest BCUT2D eigenvalue weighted by atomic mass is 16.5. The Hall–Kier alpha value is -3.56. The van der Waals surface area contributed by atoms with Crippen molar-refractivity contribution in [3.05, 3.63) is 70.9 Å². The number of hydrogen-bond donors (Lipinski definition) is 1. The molecule has 5 heterocycles. The number of carbonyl (C=O) groups excluding carboxylic acids is 2. The monoisotopic (exact) mass is 461 g/mol. The minimum absolute atomic E-state index is 0.0737. The molecule has 1 atom stereocenters. The van der Waals surface area contributed by atoms with E-state index in [1.54, 1.807) is 46.9 Å². The molecule has 2 saturated heterocycles. The van der Waals surface area contributed by atoms with Crippen molar-refractivity contribution < 1.29 is 19.4 Å². The van der Waals surface area contributed by atoms with Gasteiger partial charge in [-0.05, 0) is 43.2 Å². The average Bonchev–Trinajstić information content (AvgIpc) is 3.33. The number of imidazole rings is 1. The molecule has 2 fully saturated rings. The normalized spacial score (nSPS) is 21.0. The highest BCUT2D eigenvalue weighted by Crippen LogP contribution is 2.39. The third-order valence-electron chi connectivity index (χ3n) is 6.57. The van der Waals surface area contributed by atoms with Crippen LogP contribution in [-0.2, 0) is 14.3 Å². The Balaban J connectivity index is 1.61. The molecule has 5 rings (SSSR count). The van der Waals surface area contributed by atoms with E-state index in [1.165, 1.54) is 0 Å². The summed E-state index contributed by atoms with van der Waals surface area (Å²) in [4.78, 5) is 39.0. The molecule has 0 aromatic carbocycles. The maximum atomic E-state index is 13.3. The van der Waals surface area contributed by atoms with E-state index >= 15 is 0 Å². The highest BCUT2D eigenvalue weighted by molar-refractivity contribution is 6.46. The van der Waals surface area contributed by atoms with Gasteiger partial charge in [0.1, 0.15) is 11.3 Å². The Labute approximate surface area is 197 Å². The molecule has 3 aromatic rings. The van der Waals surface area contributed by atoms with Crippen molar-refractivity contribution in [1.29, 1.82) is 0 Å². The van der Waals surface area contributed by atoms with Gasteiger partial charge in [-0.2, -0.15) is 0 Å². The molecule has 1 amide bonds. The number of likely N-dealkylation sites (tertiary alicyclic amines) is 1. The summed E-state index contributed by atoms with van der Waals surface area (Å²) < 4.78 is 7.18. The zero-order chi connectivity index (χ0) is 23.8. The minimum Gasteiger partial charge on any atom is -0.505 e. The van der Waals surface area contributed by atoms with Crippen molar-refractivity contribution >= 4 is 23.1 Å². The molecule has 0 unspecified atom stereocenters. The van der Waals surface area contributed by atoms with Crippen molar-refractivity contribution in [3.63, 3.8) is 0 Å². The van der Waals surface area contributed by atoms with Crippen molar-refractivity contribution in [2.24, 2.45) is 0 Å². The standard InChI is InChI=1S/C25H27N5O4/c1-16-4-3-9-29-20(17(2)27-24(16)29)22(31)19-21(18-5-7-26-8-6-18)30(25(33)23(19)32)11-10-28-12-14-34-15-13-28/h3-9,21,31H,10-15H2,1-2H3/t21-/m1/s1. The number of rotatable bonds is 5. The molecular formula is C25H27N5O4. The quantitative estimate of drug-likeness (QED) is 0.353. The lowest BCUT2D eigenvalue weighted by atomic mass is 9.97. The predicted octanol–water partition coefficient (Wildman–Crippen LogP) is 2.10. The van der Waals surface area contributed by atoms with Gasteiger partial charge in [0.15, 0.2) is 5.76 Å². The van der Waals surface area contributed by atoms with Gasteiger partial charge in [0.05, 0.1) is 30.5 Å². The SMILES string of the molecule is Cc1nc2c(C)cccn2c1C(O)=C1C(=O)C(=O)N(CCN2CCOCC2)[C@@H]1c1ccncc1. The Morgan fingerprint density at radius 1 is 1.12 bits per heavy atom. The van der Waals surface area contributed by atoms with Crippen molar-refractivity contribution in [1.82, 2.24) is 24.2 Å². The molecule has 176 valence electrons. The summed E-state index contributed by atoms with van der Waals surface area (Å²) in [5, 5.41) is 11.5. The molecule has 34 heavy (non-hydrogen) atoms. The van der Waals surface area contributed by atoms with Crippen molar-refractivity contribution in [3.8, 4) is 0 Å². The first-order chi connectivity index (χ1) is 16.5. The third-order valence-corrected chi connectivity index (χ3v) is 6.57. The van der Waals surface area contributed by atoms with Crippen LogP contribution in [0, 0.1) is 13.8 Å². The number of Topliss-reactive ketones (excluding diaryl/α,β-unsaturated/α-hetero) is 1. The van der Waals surface area contributed by atoms with Gasteiger partial charge in [0.25, 0.3) is 11.7 Å². The maximum absolute atomic E-state index is 13.3. The molecule has 1 N–H and O–H groups in total. The van der Waals surface area contributed by atoms with Gasteiger partial charge in [0, 0.05) is 44.8 Å². The topological polar surface area (TPSA) is 100 Å². The van der Waals surface area contributed by atoms with E-state index in [2.05, 4.69) is 14.9 Å². The summed E-state index contributed by atoms with van der Waals surface area (Å²) in [6.07, 6.45) is 5.05. The number of nitrogens with zero attached hydrogens (tertiary/aromatic N) is 5. The van der Waals surface area contributed by atoms with E-state index in [1.807, 2.05) is 19.1 Å². The summed E-state index contributed by atoms with van der Waals surface area (Å²) >= 11 is 0. The number of aromatic nitrogens is 3. The summed E-state index contributed by atoms with van der Waals surface area (Å²) in [6, 6.07) is 6.64. The Morgan fingerprint density at radius 3 is 2.59 bits per heavy atom. The first-order valence-corrected chi connectivity index (χ1v) is 11.4. The zero-order valence-corrected chi connectivity index (χ0v) is 19.3. The summed E-state index contributed by atoms with van der Waals surface area (Å²) in [5.41, 5.74) is 3.44. The number of aliphatic hydroxyl groups is 1. The molecule has 0 bridgehead atoms. The van der Waals surface area contributed by atoms with Gasteiger partial charge < -0.3 is 14.7 Å². The first-order valence-electron chi connectivity index (χ1n) is 11.4. The van der Waals surface area contributed by atoms with E-state index in [-0.39, 0.29) is 11.3 Å². The van der Waals surface area contributed by atoms with Crippen LogP contribution >= 0.6 is 0 Å². The molecule has 9 heteroatoms. The largest absolute Gasteiger partial charge is 0.505 e. The lowest BCUT2D eigenvalue weighted by molar-refractivity contribution is -0.140. The van der Waals surface area contributed by atoms with Gasteiger partial charge in [-0.3, -0.25) is 23.9 Å². The second kappa shape index (κ2) is 9.00. The first kappa shape index (κ1) is 22.2. The van der Waals surface area contributed by atoms with Crippen LogP contribution in [0.1, 0.15) is 28.6 Å². The number of pyridine rings is 2. The Kier molecular flexibility index (Phi) is 5.89. The van der Waals surface area contributed by atoms with Crippen LogP contribution in [-0.4, -0.2) is 80.4 Å². The second-order valence-corrected chi connectivity index (χ2v) is 8.66. The van der Waals surface area contributed by atoms with Crippen LogP contribution in [0.2, 0.25) is 0 Å². The number of carbonyl (C=O) groups is 2. The number of aliphatic hydroxyl groups excluding tert-OH is 1. The maximum Gasteiger partial charge on any atom is 0.295 e. The van der Waals surface area contributed by atoms with Crippen LogP contribution < -0.4 is 0 Å². The molecular weight excluding hydrogens is 434 g/mol. The highest BCUT2D eigenvalue weighted by Gasteiger charge is 2.46. The number of ether oxygens (including phenoxy) is 1. The van der Waals surface area contributed by atoms with Gasteiger partial charge in [-0.25, -0.2) is 4.98 Å². The van der Waals surface area contributed by atoms with Crippen molar-refractivity contribution in [2.45, 2.75) is 19.9 Å². The van der Waals surface area contributed by atoms with E-state index in [0.29, 0.717) is 43.3 Å². The molecule has 0 radical (unpaired) electrons. The smallest absolute Gasteiger partial charge is 0.295 e. The molecule has 0 saturated carbocycles. The van der Waals surface area contributed by atoms with Crippen LogP contribution in [0.25, 0.3) is 11.4 Å². The average molecular weight is 462 g/mol. The van der Waals surface area contributed by atoms with Gasteiger partial charge in [-0.1, -0.05) is 6.07 Å². The molecule has 2 aliphatic heterocycles. The van der Waals surface area contributed by atoms with Crippen LogP contribution in [0.3, 0.4) is 0 Å². The second-order valence-electron chi connectivity index (χ2n) is 8.66. The summed E-state index contributed by atoms with van der Waals surface area (Å²) in [7, 11) is 0. The lowest BCUT2D eigenvalue weighted by Crippen LogP contribution is -2.42. The van der Waals surface area contributed by atoms with Crippen molar-refractivity contribution in [2.75, 3.05) is 39.4 Å². The number of fused-ring (bicyclic) bond motifs is 1. The molecule has 0 spiro atoms. The van der Waals surface area contributed by atoms with Gasteiger partial charge in [0.2, 0.25) is 0 Å². The van der Waals surface area contributed by atoms with Crippen LogP contribution in [0.5, 0.6) is 0 Å². The summed E-state index contributed by atoms with van der Waals surface area (Å²) in [5.74, 6) is -1.52. The van der Waals surface area contributed by atoms with Gasteiger partial charge >= 0.3 is 0 Å². The molecule has 3 aromatic heterocycles. The lowest BCUT2D eigenvalue weighted by Gasteiger charge is -2.30. The van der Waals surface area contributed by atoms with Gasteiger partial charge in [-0.15, -0.1) is 0 Å². The fraction of sp³-hybridized carbons (Fsp3) is 0.360. The van der Waals surface area contributed by atoms with Crippen LogP contribution in [0.15, 0.2) is 48.4 Å². The number of morpholine rings is 1. The number of hydrogen-bond acceptors (Lipinski definition) is 7. The number of amides is 1. The van der Waals surface area contributed by atoms with E-state index in [0.717, 1.165) is 24.2 Å². The Morgan fingerprint density at radius 2 is 1.85 bits per heavy atom. The Bertz CT molecular complexity index is 1280. The van der Waals surface area contributed by atoms with E-state index in [9.17, 15) is 14.7 Å². The third kappa shape index (κ3) is 3.76. The van der Waals surface area contributed by atoms with E-state index in [4.69, 9.17) is 4.74 Å². The van der Waals surface area contributed by atoms with Crippen LogP contribution in [0.4, 0.5) is 0 Å². The number of aryl methyl sites for hydroxylation is 2. The zero-order valence-electron chi connectivity index (χ0n) is 19.3. The fourth-order valence-electron chi connectivity index (χ4n) is 4.81. The predicted molar refractivity (Wildman–Crippen MR) is 125 cm³/mol. The molecule has 2 aliphatic rings. The minimum atomic E-state index is -0.709. The van der Waals surface area contributed by atoms with E-state index < -0.39 is 17.7 Å². The molecule has 9 nitrogen and oxygen atoms in total. The fourth-order valence-corrected chi connectivity index (χ4v) is 4.81. The number of ketones is 1. The molecule has 0 aliphatic carbocycles. The summed E-state index contributed by atoms with van der Waals surface area (Å²) in [6.45, 7) is 7.57.